The van der Waals surface area contributed by atoms with Crippen LogP contribution in [0.4, 0.5) is 0 Å². The van der Waals surface area contributed by atoms with Crippen LogP contribution >= 0.6 is 0 Å². The second kappa shape index (κ2) is 10.8. The predicted molar refractivity (Wildman–Crippen MR) is 116 cm³/mol. The van der Waals surface area contributed by atoms with Gasteiger partial charge in [-0.2, -0.15) is 0 Å². The van der Waals surface area contributed by atoms with Crippen molar-refractivity contribution in [3.05, 3.63) is 27.2 Å². The highest BCUT2D eigenvalue weighted by Crippen LogP contribution is 2.34. The van der Waals surface area contributed by atoms with Crippen molar-refractivity contribution in [3.8, 4) is 5.75 Å². The average Bonchev–Trinajstić information content (AvgIpc) is 2.64. The fourth-order valence-corrected chi connectivity index (χ4v) is 4.49. The number of carbonyl (C=O) groups is 1. The molecule has 0 aliphatic heterocycles. The van der Waals surface area contributed by atoms with Gasteiger partial charge >= 0.3 is 5.97 Å². The zero-order valence-electron chi connectivity index (χ0n) is 19.0. The van der Waals surface area contributed by atoms with Gasteiger partial charge in [-0.3, -0.25) is 4.79 Å². The number of H-pyrrole nitrogens is 1. The second-order valence-electron chi connectivity index (χ2n) is 8.44. The minimum atomic E-state index is -0.597. The summed E-state index contributed by atoms with van der Waals surface area (Å²) in [4.78, 5) is 30.5. The van der Waals surface area contributed by atoms with Gasteiger partial charge in [0.15, 0.2) is 5.56 Å². The SMILES string of the molecule is CCc1c(C)[nH]c(=O)c(C(=O)OCCN(CC)CC)c1OC1CC(C)CC(C)C1. The lowest BCUT2D eigenvalue weighted by Gasteiger charge is -2.32. The van der Waals surface area contributed by atoms with E-state index in [0.717, 1.165) is 37.2 Å². The third-order valence-corrected chi connectivity index (χ3v) is 5.99. The summed E-state index contributed by atoms with van der Waals surface area (Å²) in [5.41, 5.74) is 1.22. The first-order valence-electron chi connectivity index (χ1n) is 11.1. The number of ether oxygens (including phenoxy) is 2. The number of carbonyl (C=O) groups excluding carboxylic acids is 1. The molecule has 1 aromatic heterocycles. The van der Waals surface area contributed by atoms with E-state index in [0.29, 0.717) is 30.6 Å². The number of likely N-dealkylation sites (N-methyl/N-ethyl adjacent to an activating group) is 1. The Bertz CT molecular complexity index is 729. The number of hydrogen-bond donors (Lipinski definition) is 1. The van der Waals surface area contributed by atoms with Gasteiger partial charge in [-0.1, -0.05) is 34.6 Å². The molecule has 0 amide bonds. The molecular formula is C23H38N2O4. The van der Waals surface area contributed by atoms with Gasteiger partial charge in [0.25, 0.3) is 5.56 Å². The first-order chi connectivity index (χ1) is 13.8. The molecule has 2 atom stereocenters. The Morgan fingerprint density at radius 1 is 1.10 bits per heavy atom. The summed E-state index contributed by atoms with van der Waals surface area (Å²) in [6.07, 6.45) is 3.76. The van der Waals surface area contributed by atoms with Crippen molar-refractivity contribution < 1.29 is 14.3 Å². The molecule has 1 N–H and O–H groups in total. The van der Waals surface area contributed by atoms with Crippen LogP contribution in [-0.2, 0) is 11.2 Å². The highest BCUT2D eigenvalue weighted by atomic mass is 16.5. The Morgan fingerprint density at radius 3 is 2.28 bits per heavy atom. The fraction of sp³-hybridized carbons (Fsp3) is 0.739. The Balaban J connectivity index is 2.28. The summed E-state index contributed by atoms with van der Waals surface area (Å²) < 4.78 is 11.8. The normalized spacial score (nSPS) is 22.0. The summed E-state index contributed by atoms with van der Waals surface area (Å²) in [6, 6.07) is 0. The quantitative estimate of drug-likeness (QED) is 0.629. The monoisotopic (exact) mass is 406 g/mol. The third kappa shape index (κ3) is 6.08. The van der Waals surface area contributed by atoms with Gasteiger partial charge in [-0.05, 0) is 57.5 Å². The van der Waals surface area contributed by atoms with Gasteiger partial charge in [0.2, 0.25) is 0 Å². The van der Waals surface area contributed by atoms with Gasteiger partial charge in [-0.15, -0.1) is 0 Å². The summed E-state index contributed by atoms with van der Waals surface area (Å²) in [7, 11) is 0. The van der Waals surface area contributed by atoms with E-state index in [1.807, 2.05) is 13.8 Å². The average molecular weight is 407 g/mol. The van der Waals surface area contributed by atoms with Crippen molar-refractivity contribution in [2.75, 3.05) is 26.2 Å². The molecule has 2 rings (SSSR count). The standard InChI is InChI=1S/C23H38N2O4/c1-7-19-17(6)24-22(26)20(23(27)28-11-10-25(8-2)9-3)21(19)29-18-13-15(4)12-16(5)14-18/h15-16,18H,7-14H2,1-6H3,(H,24,26). The maximum absolute atomic E-state index is 12.9. The van der Waals surface area contributed by atoms with E-state index in [1.54, 1.807) is 0 Å². The zero-order valence-corrected chi connectivity index (χ0v) is 19.0. The van der Waals surface area contributed by atoms with E-state index in [1.165, 1.54) is 6.42 Å². The fourth-order valence-electron chi connectivity index (χ4n) is 4.49. The Hall–Kier alpha value is -1.82. The van der Waals surface area contributed by atoms with E-state index in [9.17, 15) is 9.59 Å². The molecule has 0 aromatic carbocycles. The maximum Gasteiger partial charge on any atom is 0.347 e. The molecule has 1 fully saturated rings. The third-order valence-electron chi connectivity index (χ3n) is 5.99. The molecule has 2 unspecified atom stereocenters. The lowest BCUT2D eigenvalue weighted by molar-refractivity contribution is 0.0449. The number of aryl methyl sites for hydroxylation is 1. The molecule has 6 heteroatoms. The van der Waals surface area contributed by atoms with Crippen LogP contribution in [0.15, 0.2) is 4.79 Å². The molecule has 1 aliphatic rings. The van der Waals surface area contributed by atoms with Crippen molar-refractivity contribution in [2.45, 2.75) is 73.3 Å². The van der Waals surface area contributed by atoms with Crippen molar-refractivity contribution in [3.63, 3.8) is 0 Å². The lowest BCUT2D eigenvalue weighted by atomic mass is 9.81. The molecule has 164 valence electrons. The lowest BCUT2D eigenvalue weighted by Crippen LogP contribution is -2.32. The Kier molecular flexibility index (Phi) is 8.75. The van der Waals surface area contributed by atoms with Crippen molar-refractivity contribution in [1.29, 1.82) is 0 Å². The van der Waals surface area contributed by atoms with E-state index in [4.69, 9.17) is 9.47 Å². The maximum atomic E-state index is 12.9. The number of nitrogens with one attached hydrogen (secondary N) is 1. The summed E-state index contributed by atoms with van der Waals surface area (Å²) in [6.45, 7) is 15.2. The van der Waals surface area contributed by atoms with Crippen LogP contribution in [0.5, 0.6) is 5.75 Å². The number of nitrogens with zero attached hydrogens (tertiary/aromatic N) is 1. The van der Waals surface area contributed by atoms with Crippen LogP contribution in [-0.4, -0.2) is 48.2 Å². The smallest absolute Gasteiger partial charge is 0.347 e. The number of esters is 1. The van der Waals surface area contributed by atoms with Crippen LogP contribution in [0.2, 0.25) is 0 Å². The second-order valence-corrected chi connectivity index (χ2v) is 8.44. The molecule has 1 aromatic rings. The first-order valence-corrected chi connectivity index (χ1v) is 11.1. The molecule has 0 bridgehead atoms. The number of rotatable bonds is 9. The predicted octanol–water partition coefficient (Wildman–Crippen LogP) is 3.95. The molecule has 1 aliphatic carbocycles. The van der Waals surface area contributed by atoms with Crippen molar-refractivity contribution in [1.82, 2.24) is 9.88 Å². The number of aromatic nitrogens is 1. The molecule has 29 heavy (non-hydrogen) atoms. The highest BCUT2D eigenvalue weighted by molar-refractivity contribution is 5.92. The van der Waals surface area contributed by atoms with E-state index in [2.05, 4.69) is 37.6 Å². The van der Waals surface area contributed by atoms with Gasteiger partial charge in [0.1, 0.15) is 12.4 Å². The molecule has 0 radical (unpaired) electrons. The summed E-state index contributed by atoms with van der Waals surface area (Å²) in [5.74, 6) is 0.968. The van der Waals surface area contributed by atoms with E-state index in [-0.39, 0.29) is 18.3 Å². The minimum Gasteiger partial charge on any atom is -0.489 e. The molecule has 1 heterocycles. The molecule has 0 saturated heterocycles. The topological polar surface area (TPSA) is 71.6 Å². The van der Waals surface area contributed by atoms with Gasteiger partial charge in [0, 0.05) is 17.8 Å². The van der Waals surface area contributed by atoms with Crippen LogP contribution in [0.25, 0.3) is 0 Å². The Morgan fingerprint density at radius 2 is 1.72 bits per heavy atom. The van der Waals surface area contributed by atoms with Crippen LogP contribution in [0.3, 0.4) is 0 Å². The number of pyridine rings is 1. The van der Waals surface area contributed by atoms with Crippen LogP contribution < -0.4 is 10.3 Å². The van der Waals surface area contributed by atoms with Gasteiger partial charge < -0.3 is 19.4 Å². The van der Waals surface area contributed by atoms with Crippen LogP contribution in [0.1, 0.15) is 75.5 Å². The molecule has 0 spiro atoms. The zero-order chi connectivity index (χ0) is 21.6. The molecular weight excluding hydrogens is 368 g/mol. The summed E-state index contributed by atoms with van der Waals surface area (Å²) >= 11 is 0. The number of aromatic amines is 1. The first kappa shape index (κ1) is 23.5. The van der Waals surface area contributed by atoms with E-state index < -0.39 is 11.5 Å². The summed E-state index contributed by atoms with van der Waals surface area (Å²) in [5, 5.41) is 0. The highest BCUT2D eigenvalue weighted by Gasteiger charge is 2.30. The van der Waals surface area contributed by atoms with Crippen molar-refractivity contribution >= 4 is 5.97 Å². The molecule has 6 nitrogen and oxygen atoms in total. The largest absolute Gasteiger partial charge is 0.489 e. The Labute approximate surface area is 175 Å². The van der Waals surface area contributed by atoms with Gasteiger partial charge in [0.05, 0.1) is 6.10 Å². The van der Waals surface area contributed by atoms with Crippen molar-refractivity contribution in [2.24, 2.45) is 11.8 Å². The van der Waals surface area contributed by atoms with Gasteiger partial charge in [-0.25, -0.2) is 4.79 Å². The van der Waals surface area contributed by atoms with Crippen LogP contribution in [0, 0.1) is 18.8 Å². The minimum absolute atomic E-state index is 0.0119. The molecule has 1 saturated carbocycles. The number of hydrogen-bond acceptors (Lipinski definition) is 5. The van der Waals surface area contributed by atoms with E-state index >= 15 is 0 Å².